The van der Waals surface area contributed by atoms with Gasteiger partial charge in [0.05, 0.1) is 5.71 Å². The van der Waals surface area contributed by atoms with Gasteiger partial charge in [-0.05, 0) is 35.4 Å². The van der Waals surface area contributed by atoms with E-state index in [1.54, 1.807) is 12.4 Å². The van der Waals surface area contributed by atoms with Crippen LogP contribution in [0.2, 0.25) is 0 Å². The molecule has 3 rings (SSSR count). The van der Waals surface area contributed by atoms with Gasteiger partial charge in [-0.3, -0.25) is 4.98 Å². The molecule has 0 saturated carbocycles. The summed E-state index contributed by atoms with van der Waals surface area (Å²) in [5.74, 6) is 0.103. The highest BCUT2D eigenvalue weighted by molar-refractivity contribution is 6.00. The second-order valence-corrected chi connectivity index (χ2v) is 6.44. The van der Waals surface area contributed by atoms with Gasteiger partial charge < -0.3 is 10.1 Å². The maximum atomic E-state index is 9.60. The number of hydrogen-bond donors (Lipinski definition) is 1. The number of hydrogen-bond acceptors (Lipinski definition) is 4. The fraction of sp³-hybridized carbons (Fsp3) is 0.182. The zero-order valence-electron chi connectivity index (χ0n) is 15.1. The van der Waals surface area contributed by atoms with E-state index in [0.717, 1.165) is 11.3 Å². The van der Waals surface area contributed by atoms with E-state index in [9.17, 15) is 5.21 Å². The standard InChI is InChI=1S/C22H23N3O/c1-25(2)20-10-8-18(9-11-20)21(17-6-4-3-5-7-17)16-22(24-26)19-12-14-23-15-13-19/h3-15,21,26H,16H2,1-2H3/b24-22-. The van der Waals surface area contributed by atoms with Crippen LogP contribution in [-0.2, 0) is 0 Å². The van der Waals surface area contributed by atoms with Crippen LogP contribution in [0.1, 0.15) is 29.0 Å². The number of nitrogens with zero attached hydrogens (tertiary/aromatic N) is 3. The van der Waals surface area contributed by atoms with E-state index >= 15 is 0 Å². The highest BCUT2D eigenvalue weighted by Crippen LogP contribution is 2.30. The van der Waals surface area contributed by atoms with E-state index in [-0.39, 0.29) is 5.92 Å². The van der Waals surface area contributed by atoms with Gasteiger partial charge in [-0.15, -0.1) is 0 Å². The average Bonchev–Trinajstić information content (AvgIpc) is 2.70. The lowest BCUT2D eigenvalue weighted by Crippen LogP contribution is -2.12. The first-order valence-electron chi connectivity index (χ1n) is 8.62. The molecule has 1 unspecified atom stereocenters. The maximum absolute atomic E-state index is 9.60. The minimum atomic E-state index is 0.103. The second kappa shape index (κ2) is 8.30. The van der Waals surface area contributed by atoms with Crippen LogP contribution in [-0.4, -0.2) is 30.0 Å². The van der Waals surface area contributed by atoms with Gasteiger partial charge in [0.2, 0.25) is 0 Å². The van der Waals surface area contributed by atoms with Crippen molar-refractivity contribution >= 4 is 11.4 Å². The lowest BCUT2D eigenvalue weighted by Gasteiger charge is -2.20. The van der Waals surface area contributed by atoms with Crippen LogP contribution < -0.4 is 4.90 Å². The molecule has 0 radical (unpaired) electrons. The molecule has 4 heteroatoms. The summed E-state index contributed by atoms with van der Waals surface area (Å²) < 4.78 is 0. The number of benzene rings is 2. The molecule has 132 valence electrons. The summed E-state index contributed by atoms with van der Waals surface area (Å²) in [6.45, 7) is 0. The summed E-state index contributed by atoms with van der Waals surface area (Å²) >= 11 is 0. The van der Waals surface area contributed by atoms with Gasteiger partial charge in [-0.25, -0.2) is 0 Å². The van der Waals surface area contributed by atoms with Gasteiger partial charge in [0, 0.05) is 50.1 Å². The molecule has 4 nitrogen and oxygen atoms in total. The minimum Gasteiger partial charge on any atom is -0.411 e. The van der Waals surface area contributed by atoms with Crippen molar-refractivity contribution in [1.29, 1.82) is 0 Å². The van der Waals surface area contributed by atoms with Gasteiger partial charge >= 0.3 is 0 Å². The highest BCUT2D eigenvalue weighted by atomic mass is 16.4. The van der Waals surface area contributed by atoms with E-state index in [1.165, 1.54) is 11.1 Å². The monoisotopic (exact) mass is 345 g/mol. The fourth-order valence-corrected chi connectivity index (χ4v) is 3.07. The molecule has 0 bridgehead atoms. The predicted octanol–water partition coefficient (Wildman–Crippen LogP) is 4.55. The van der Waals surface area contributed by atoms with E-state index < -0.39 is 0 Å². The van der Waals surface area contributed by atoms with E-state index in [2.05, 4.69) is 51.4 Å². The fourth-order valence-electron chi connectivity index (χ4n) is 3.07. The third-order valence-electron chi connectivity index (χ3n) is 4.55. The Balaban J connectivity index is 1.96. The lowest BCUT2D eigenvalue weighted by molar-refractivity contribution is 0.317. The SMILES string of the molecule is CN(C)c1ccc(C(C/C(=N/O)c2ccncc2)c2ccccc2)cc1. The summed E-state index contributed by atoms with van der Waals surface area (Å²) in [7, 11) is 4.06. The Kier molecular flexibility index (Phi) is 5.64. The second-order valence-electron chi connectivity index (χ2n) is 6.44. The van der Waals surface area contributed by atoms with Crippen molar-refractivity contribution < 1.29 is 5.21 Å². The largest absolute Gasteiger partial charge is 0.411 e. The average molecular weight is 345 g/mol. The maximum Gasteiger partial charge on any atom is 0.0878 e. The lowest BCUT2D eigenvalue weighted by atomic mass is 9.85. The number of aromatic nitrogens is 1. The first kappa shape index (κ1) is 17.7. The van der Waals surface area contributed by atoms with Crippen LogP contribution in [0.15, 0.2) is 84.3 Å². The third-order valence-corrected chi connectivity index (χ3v) is 4.55. The third kappa shape index (κ3) is 4.09. The van der Waals surface area contributed by atoms with Crippen LogP contribution in [0.4, 0.5) is 5.69 Å². The van der Waals surface area contributed by atoms with E-state index in [0.29, 0.717) is 12.1 Å². The zero-order valence-corrected chi connectivity index (χ0v) is 15.1. The van der Waals surface area contributed by atoms with Gasteiger partial charge in [0.15, 0.2) is 0 Å². The van der Waals surface area contributed by atoms with Crippen molar-refractivity contribution in [3.8, 4) is 0 Å². The molecule has 0 aliphatic heterocycles. The summed E-state index contributed by atoms with van der Waals surface area (Å²) in [5.41, 5.74) is 5.08. The Morgan fingerprint density at radius 3 is 2.12 bits per heavy atom. The Hall–Kier alpha value is -3.14. The normalized spacial score (nSPS) is 12.6. The van der Waals surface area contributed by atoms with Crippen LogP contribution in [0.25, 0.3) is 0 Å². The molecule has 1 aromatic heterocycles. The number of anilines is 1. The molecule has 0 aliphatic rings. The quantitative estimate of drug-likeness (QED) is 0.405. The summed E-state index contributed by atoms with van der Waals surface area (Å²) in [6.07, 6.45) is 4.03. The van der Waals surface area contributed by atoms with Crippen LogP contribution in [0.5, 0.6) is 0 Å². The molecular weight excluding hydrogens is 322 g/mol. The Labute approximate surface area is 154 Å². The number of rotatable bonds is 6. The molecular formula is C22H23N3O. The Morgan fingerprint density at radius 1 is 0.923 bits per heavy atom. The molecule has 0 spiro atoms. The first-order chi connectivity index (χ1) is 12.7. The van der Waals surface area contributed by atoms with E-state index in [4.69, 9.17) is 0 Å². The van der Waals surface area contributed by atoms with Gasteiger partial charge in [-0.1, -0.05) is 47.6 Å². The molecule has 1 N–H and O–H groups in total. The van der Waals surface area contributed by atoms with Crippen molar-refractivity contribution in [2.75, 3.05) is 19.0 Å². The van der Waals surface area contributed by atoms with Crippen LogP contribution in [0, 0.1) is 0 Å². The molecule has 1 atom stereocenters. The van der Waals surface area contributed by atoms with Crippen molar-refractivity contribution in [2.45, 2.75) is 12.3 Å². The van der Waals surface area contributed by atoms with Crippen LogP contribution in [0.3, 0.4) is 0 Å². The van der Waals surface area contributed by atoms with E-state index in [1.807, 2.05) is 44.4 Å². The first-order valence-corrected chi connectivity index (χ1v) is 8.62. The smallest absolute Gasteiger partial charge is 0.0878 e. The number of oxime groups is 1. The molecule has 3 aromatic rings. The molecule has 0 fully saturated rings. The minimum absolute atomic E-state index is 0.103. The molecule has 0 amide bonds. The van der Waals surface area contributed by atoms with Crippen molar-refractivity contribution in [3.05, 3.63) is 95.8 Å². The Bertz CT molecular complexity index is 844. The van der Waals surface area contributed by atoms with Crippen molar-refractivity contribution in [3.63, 3.8) is 0 Å². The number of pyridine rings is 1. The molecule has 0 saturated heterocycles. The van der Waals surface area contributed by atoms with Gasteiger partial charge in [0.1, 0.15) is 0 Å². The summed E-state index contributed by atoms with van der Waals surface area (Å²) in [4.78, 5) is 6.12. The highest BCUT2D eigenvalue weighted by Gasteiger charge is 2.18. The summed E-state index contributed by atoms with van der Waals surface area (Å²) in [6, 6.07) is 22.6. The topological polar surface area (TPSA) is 48.7 Å². The molecule has 1 heterocycles. The van der Waals surface area contributed by atoms with Gasteiger partial charge in [-0.2, -0.15) is 0 Å². The molecule has 2 aromatic carbocycles. The van der Waals surface area contributed by atoms with Gasteiger partial charge in [0.25, 0.3) is 0 Å². The molecule has 0 aliphatic carbocycles. The zero-order chi connectivity index (χ0) is 18.4. The van der Waals surface area contributed by atoms with Crippen molar-refractivity contribution in [2.24, 2.45) is 5.16 Å². The predicted molar refractivity (Wildman–Crippen MR) is 106 cm³/mol. The van der Waals surface area contributed by atoms with Crippen molar-refractivity contribution in [1.82, 2.24) is 4.98 Å². The summed E-state index contributed by atoms with van der Waals surface area (Å²) in [5, 5.41) is 13.2. The Morgan fingerprint density at radius 2 is 1.54 bits per heavy atom. The van der Waals surface area contributed by atoms with Crippen LogP contribution >= 0.6 is 0 Å². The molecule has 26 heavy (non-hydrogen) atoms.